The summed E-state index contributed by atoms with van der Waals surface area (Å²) in [5.41, 5.74) is 3.85. The van der Waals surface area contributed by atoms with E-state index in [1.165, 1.54) is 0 Å². The van der Waals surface area contributed by atoms with E-state index in [0.29, 0.717) is 6.54 Å². The van der Waals surface area contributed by atoms with Crippen molar-refractivity contribution >= 4 is 39.4 Å². The molecule has 4 rings (SSSR count). The Balaban J connectivity index is 1.82. The summed E-state index contributed by atoms with van der Waals surface area (Å²) >= 11 is 1.57. The molecule has 0 unspecified atom stereocenters. The second kappa shape index (κ2) is 6.37. The van der Waals surface area contributed by atoms with Gasteiger partial charge in [-0.3, -0.25) is 4.79 Å². The summed E-state index contributed by atoms with van der Waals surface area (Å²) in [7, 11) is 0. The summed E-state index contributed by atoms with van der Waals surface area (Å²) in [6.45, 7) is 2.32. The molecular weight excluding hydrogens is 328 g/mol. The van der Waals surface area contributed by atoms with Gasteiger partial charge in [0.05, 0.1) is 17.6 Å². The predicted octanol–water partition coefficient (Wildman–Crippen LogP) is 5.10. The van der Waals surface area contributed by atoms with Crippen molar-refractivity contribution in [2.24, 2.45) is 0 Å². The minimum absolute atomic E-state index is 0.0998. The Hall–Kier alpha value is -2.59. The van der Waals surface area contributed by atoms with Crippen molar-refractivity contribution in [2.75, 3.05) is 6.26 Å². The van der Waals surface area contributed by atoms with E-state index in [4.69, 9.17) is 4.98 Å². The lowest BCUT2D eigenvalue weighted by Gasteiger charge is -2.08. The summed E-state index contributed by atoms with van der Waals surface area (Å²) in [6.07, 6.45) is 2.00. The molecule has 0 fully saturated rings. The highest BCUT2D eigenvalue weighted by molar-refractivity contribution is 7.98. The zero-order chi connectivity index (χ0) is 17.4. The summed E-state index contributed by atoms with van der Waals surface area (Å²) in [4.78, 5) is 17.5. The van der Waals surface area contributed by atoms with E-state index in [9.17, 15) is 4.79 Å². The molecule has 124 valence electrons. The highest BCUT2D eigenvalue weighted by atomic mass is 32.2. The number of hydrogen-bond donors (Lipinski definition) is 0. The quantitative estimate of drug-likeness (QED) is 0.381. The number of benzene rings is 3. The first-order valence-electron chi connectivity index (χ1n) is 8.19. The van der Waals surface area contributed by atoms with Crippen molar-refractivity contribution in [1.82, 2.24) is 9.55 Å². The lowest BCUT2D eigenvalue weighted by atomic mass is 10.1. The SMILES string of the molecule is CSc1nc2c3ccccc3ccc2n1CC(=O)c1ccc(C)cc1. The highest BCUT2D eigenvalue weighted by Gasteiger charge is 2.16. The molecule has 0 amide bonds. The van der Waals surface area contributed by atoms with Gasteiger partial charge in [-0.25, -0.2) is 4.98 Å². The minimum Gasteiger partial charge on any atom is -0.311 e. The summed E-state index contributed by atoms with van der Waals surface area (Å²) in [6, 6.07) is 20.1. The molecule has 4 heteroatoms. The highest BCUT2D eigenvalue weighted by Crippen LogP contribution is 2.29. The van der Waals surface area contributed by atoms with Gasteiger partial charge in [0.2, 0.25) is 0 Å². The van der Waals surface area contributed by atoms with E-state index >= 15 is 0 Å². The van der Waals surface area contributed by atoms with Crippen LogP contribution < -0.4 is 0 Å². The van der Waals surface area contributed by atoms with Crippen LogP contribution in [-0.2, 0) is 6.54 Å². The first kappa shape index (κ1) is 15.9. The van der Waals surface area contributed by atoms with Gasteiger partial charge in [-0.15, -0.1) is 0 Å². The average molecular weight is 346 g/mol. The smallest absolute Gasteiger partial charge is 0.182 e. The van der Waals surface area contributed by atoms with Crippen molar-refractivity contribution in [3.05, 3.63) is 71.8 Å². The number of carbonyl (C=O) groups excluding carboxylic acids is 1. The Bertz CT molecular complexity index is 1080. The maximum Gasteiger partial charge on any atom is 0.182 e. The number of rotatable bonds is 4. The van der Waals surface area contributed by atoms with Crippen molar-refractivity contribution in [3.63, 3.8) is 0 Å². The summed E-state index contributed by atoms with van der Waals surface area (Å²) in [5, 5.41) is 3.15. The number of ketones is 1. The molecule has 3 aromatic carbocycles. The largest absolute Gasteiger partial charge is 0.311 e. The molecule has 0 N–H and O–H groups in total. The van der Waals surface area contributed by atoms with Crippen molar-refractivity contribution in [1.29, 1.82) is 0 Å². The maximum atomic E-state index is 12.7. The number of fused-ring (bicyclic) bond motifs is 3. The Labute approximate surface area is 150 Å². The number of imidazole rings is 1. The Morgan fingerprint density at radius 1 is 1.04 bits per heavy atom. The Morgan fingerprint density at radius 3 is 2.56 bits per heavy atom. The Kier molecular flexibility index (Phi) is 4.06. The summed E-state index contributed by atoms with van der Waals surface area (Å²) < 4.78 is 2.02. The number of hydrogen-bond acceptors (Lipinski definition) is 3. The molecule has 25 heavy (non-hydrogen) atoms. The van der Waals surface area contributed by atoms with Crippen molar-refractivity contribution in [3.8, 4) is 0 Å². The van der Waals surface area contributed by atoms with Crippen LogP contribution in [0.15, 0.2) is 65.8 Å². The number of aromatic nitrogens is 2. The average Bonchev–Trinajstić information content (AvgIpc) is 3.00. The predicted molar refractivity (Wildman–Crippen MR) is 105 cm³/mol. The third-order valence-electron chi connectivity index (χ3n) is 4.47. The molecule has 0 saturated heterocycles. The van der Waals surface area contributed by atoms with Crippen LogP contribution in [0.3, 0.4) is 0 Å². The molecule has 0 spiro atoms. The van der Waals surface area contributed by atoms with E-state index in [0.717, 1.165) is 38.1 Å². The third kappa shape index (κ3) is 2.83. The molecule has 0 bridgehead atoms. The lowest BCUT2D eigenvalue weighted by Crippen LogP contribution is -2.11. The van der Waals surface area contributed by atoms with E-state index < -0.39 is 0 Å². The second-order valence-electron chi connectivity index (χ2n) is 6.13. The molecule has 0 aliphatic heterocycles. The molecule has 1 heterocycles. The molecule has 0 saturated carbocycles. The van der Waals surface area contributed by atoms with Crippen LogP contribution in [0.4, 0.5) is 0 Å². The second-order valence-corrected chi connectivity index (χ2v) is 6.90. The van der Waals surface area contributed by atoms with Crippen LogP contribution >= 0.6 is 11.8 Å². The standard InChI is InChI=1S/C21H18N2OS/c1-14-7-9-16(10-8-14)19(24)13-23-18-12-11-15-5-3-4-6-17(15)20(18)22-21(23)25-2/h3-12H,13H2,1-2H3. The van der Waals surface area contributed by atoms with Crippen LogP contribution in [0.2, 0.25) is 0 Å². The Morgan fingerprint density at radius 2 is 1.80 bits per heavy atom. The van der Waals surface area contributed by atoms with Gasteiger partial charge >= 0.3 is 0 Å². The zero-order valence-corrected chi connectivity index (χ0v) is 15.0. The lowest BCUT2D eigenvalue weighted by molar-refractivity contribution is 0.0970. The van der Waals surface area contributed by atoms with Gasteiger partial charge in [0.1, 0.15) is 0 Å². The fourth-order valence-electron chi connectivity index (χ4n) is 3.12. The van der Waals surface area contributed by atoms with E-state index in [1.54, 1.807) is 11.8 Å². The van der Waals surface area contributed by atoms with Gasteiger partial charge in [0.15, 0.2) is 10.9 Å². The molecule has 0 aliphatic rings. The number of Topliss-reactive ketones (excluding diaryl/α,β-unsaturated/α-hetero) is 1. The maximum absolute atomic E-state index is 12.7. The summed E-state index contributed by atoms with van der Waals surface area (Å²) in [5.74, 6) is 0.0998. The van der Waals surface area contributed by atoms with Gasteiger partial charge in [-0.2, -0.15) is 0 Å². The van der Waals surface area contributed by atoms with Crippen LogP contribution in [0.1, 0.15) is 15.9 Å². The van der Waals surface area contributed by atoms with Crippen molar-refractivity contribution in [2.45, 2.75) is 18.6 Å². The normalized spacial score (nSPS) is 11.3. The van der Waals surface area contributed by atoms with Crippen LogP contribution in [0.5, 0.6) is 0 Å². The minimum atomic E-state index is 0.0998. The van der Waals surface area contributed by atoms with E-state index in [1.807, 2.05) is 54.1 Å². The van der Waals surface area contributed by atoms with Gasteiger partial charge in [0, 0.05) is 10.9 Å². The number of nitrogens with zero attached hydrogens (tertiary/aromatic N) is 2. The van der Waals surface area contributed by atoms with E-state index in [2.05, 4.69) is 24.3 Å². The molecular formula is C21H18N2OS. The molecule has 4 aromatic rings. The molecule has 0 atom stereocenters. The van der Waals surface area contributed by atoms with Gasteiger partial charge in [-0.05, 0) is 24.6 Å². The fourth-order valence-corrected chi connectivity index (χ4v) is 3.69. The number of thioether (sulfide) groups is 1. The molecule has 0 radical (unpaired) electrons. The number of carbonyl (C=O) groups is 1. The van der Waals surface area contributed by atoms with Gasteiger partial charge in [-0.1, -0.05) is 71.9 Å². The van der Waals surface area contributed by atoms with Gasteiger partial charge < -0.3 is 4.57 Å². The third-order valence-corrected chi connectivity index (χ3v) is 5.14. The van der Waals surface area contributed by atoms with Crippen molar-refractivity contribution < 1.29 is 4.79 Å². The molecule has 0 aliphatic carbocycles. The van der Waals surface area contributed by atoms with Crippen LogP contribution in [-0.4, -0.2) is 21.6 Å². The number of aryl methyl sites for hydroxylation is 1. The first-order valence-corrected chi connectivity index (χ1v) is 9.41. The topological polar surface area (TPSA) is 34.9 Å². The van der Waals surface area contributed by atoms with Crippen LogP contribution in [0.25, 0.3) is 21.8 Å². The zero-order valence-electron chi connectivity index (χ0n) is 14.2. The molecule has 3 nitrogen and oxygen atoms in total. The first-order chi connectivity index (χ1) is 12.2. The van der Waals surface area contributed by atoms with Crippen LogP contribution in [0, 0.1) is 6.92 Å². The molecule has 1 aromatic heterocycles. The monoisotopic (exact) mass is 346 g/mol. The fraction of sp³-hybridized carbons (Fsp3) is 0.143. The van der Waals surface area contributed by atoms with E-state index in [-0.39, 0.29) is 5.78 Å². The van der Waals surface area contributed by atoms with Gasteiger partial charge in [0.25, 0.3) is 0 Å².